The summed E-state index contributed by atoms with van der Waals surface area (Å²) in [7, 11) is 4.76. The molecule has 1 heterocycles. The molecule has 0 saturated carbocycles. The molecule has 0 N–H and O–H groups in total. The van der Waals surface area contributed by atoms with E-state index < -0.39 is 0 Å². The molecule has 0 fully saturated rings. The summed E-state index contributed by atoms with van der Waals surface area (Å²) in [5, 5.41) is 0. The average molecular weight is 255 g/mol. The van der Waals surface area contributed by atoms with Gasteiger partial charge in [-0.3, -0.25) is 0 Å². The monoisotopic (exact) mass is 253 g/mol. The first-order chi connectivity index (χ1) is 6.97. The van der Waals surface area contributed by atoms with Gasteiger partial charge in [-0.2, -0.15) is 0 Å². The number of hydrogen-bond donors (Lipinski definition) is 0. The van der Waals surface area contributed by atoms with Crippen LogP contribution in [0.5, 0.6) is 0 Å². The molecule has 14 heavy (non-hydrogen) atoms. The topological polar surface area (TPSA) is 12.9 Å². The maximum atomic E-state index is 4.76. The number of benzene rings is 1. The summed E-state index contributed by atoms with van der Waals surface area (Å²) >= 11 is 0.847. The zero-order chi connectivity index (χ0) is 10.2. The van der Waals surface area contributed by atoms with Crippen LogP contribution in [-0.2, 0) is 17.3 Å². The van der Waals surface area contributed by atoms with Gasteiger partial charge < -0.3 is 4.98 Å². The second-order valence-corrected chi connectivity index (χ2v) is 2.49. The van der Waals surface area contributed by atoms with Gasteiger partial charge >= 0.3 is 27.0 Å². The third-order valence-electron chi connectivity index (χ3n) is 1.65. The summed E-state index contributed by atoms with van der Waals surface area (Å²) in [5.41, 5.74) is 2.01. The van der Waals surface area contributed by atoms with E-state index in [0.29, 0.717) is 0 Å². The van der Waals surface area contributed by atoms with Crippen molar-refractivity contribution in [1.82, 2.24) is 4.98 Å². The van der Waals surface area contributed by atoms with E-state index in [1.54, 1.807) is 6.20 Å². The summed E-state index contributed by atoms with van der Waals surface area (Å²) in [5.74, 6) is 0. The molecule has 0 unspecified atom stereocenters. The summed E-state index contributed by atoms with van der Waals surface area (Å²) < 4.78 is 0. The molecular weight excluding hydrogens is 247 g/mol. The van der Waals surface area contributed by atoms with Crippen LogP contribution in [0.1, 0.15) is 0 Å². The first-order valence-corrected chi connectivity index (χ1v) is 8.01. The Kier molecular flexibility index (Phi) is 5.43. The molecule has 0 saturated heterocycles. The molecule has 1 aromatic heterocycles. The van der Waals surface area contributed by atoms with E-state index >= 15 is 0 Å². The van der Waals surface area contributed by atoms with E-state index in [1.807, 2.05) is 42.5 Å². The van der Waals surface area contributed by atoms with Crippen LogP contribution in [0, 0.1) is 6.07 Å². The Bertz CT molecular complexity index is 313. The third kappa shape index (κ3) is 3.21. The normalized spacial score (nSPS) is 8.79. The number of aromatic nitrogens is 1. The minimum Gasteiger partial charge on any atom is -0.305 e. The Morgan fingerprint density at radius 1 is 1.07 bits per heavy atom. The Labute approximate surface area is 97.9 Å². The average Bonchev–Trinajstić information content (AvgIpc) is 2.34. The smallest absolute Gasteiger partial charge is 0.0160 e. The Hall–Kier alpha value is -0.717. The maximum Gasteiger partial charge on any atom is 0.0160 e. The molecule has 2 rings (SSSR count). The van der Waals surface area contributed by atoms with Crippen LogP contribution in [-0.4, -0.2) is 4.98 Å². The van der Waals surface area contributed by atoms with Crippen molar-refractivity contribution >= 4 is 9.69 Å². The van der Waals surface area contributed by atoms with Gasteiger partial charge in [0.25, 0.3) is 0 Å². The molecule has 0 aliphatic heterocycles. The van der Waals surface area contributed by atoms with E-state index in [-0.39, 0.29) is 0 Å². The number of hydrogen-bond acceptors (Lipinski definition) is 1. The molecule has 0 amide bonds. The minimum atomic E-state index is 0.847. The van der Waals surface area contributed by atoms with Gasteiger partial charge in [-0.1, -0.05) is 12.1 Å². The van der Waals surface area contributed by atoms with Crippen molar-refractivity contribution in [3.05, 3.63) is 54.7 Å². The van der Waals surface area contributed by atoms with Crippen molar-refractivity contribution < 1.29 is 17.3 Å². The molecule has 0 radical (unpaired) electrons. The first-order valence-electron chi connectivity index (χ1n) is 4.12. The van der Waals surface area contributed by atoms with Crippen molar-refractivity contribution in [2.24, 2.45) is 0 Å². The van der Waals surface area contributed by atoms with Crippen LogP contribution in [0.15, 0.2) is 48.7 Å². The van der Waals surface area contributed by atoms with Gasteiger partial charge in [-0.15, -0.1) is 35.9 Å². The zero-order valence-electron chi connectivity index (χ0n) is 7.65. The molecule has 2 aromatic rings. The van der Waals surface area contributed by atoms with Crippen LogP contribution in [0.25, 0.3) is 11.3 Å². The van der Waals surface area contributed by atoms with Crippen LogP contribution >= 0.6 is 9.69 Å². The van der Waals surface area contributed by atoms with Crippen LogP contribution in [0.2, 0.25) is 0 Å². The fourth-order valence-electron chi connectivity index (χ4n) is 1.07. The number of rotatable bonds is 1. The second kappa shape index (κ2) is 6.70. The van der Waals surface area contributed by atoms with Gasteiger partial charge in [0, 0.05) is 6.20 Å². The van der Waals surface area contributed by atoms with Gasteiger partial charge in [0.15, 0.2) is 0 Å². The Balaban J connectivity index is 0.000000461. The largest absolute Gasteiger partial charge is 0.305 e. The van der Waals surface area contributed by atoms with E-state index in [1.165, 1.54) is 0 Å². The zero-order valence-corrected chi connectivity index (χ0v) is 11.4. The van der Waals surface area contributed by atoms with Crippen LogP contribution < -0.4 is 0 Å². The van der Waals surface area contributed by atoms with Crippen molar-refractivity contribution in [2.45, 2.75) is 0 Å². The van der Waals surface area contributed by atoms with Crippen LogP contribution in [0.3, 0.4) is 0 Å². The number of nitrogens with zero attached hydrogens (tertiary/aromatic N) is 1. The molecular formula is C11H8ClNZn. The quantitative estimate of drug-likeness (QED) is 0.563. The molecule has 3 heteroatoms. The van der Waals surface area contributed by atoms with Crippen molar-refractivity contribution in [2.75, 3.05) is 0 Å². The van der Waals surface area contributed by atoms with Gasteiger partial charge in [-0.05, 0) is 11.8 Å². The Morgan fingerprint density at radius 2 is 1.86 bits per heavy atom. The summed E-state index contributed by atoms with van der Waals surface area (Å²) in [6, 6.07) is 16.8. The van der Waals surface area contributed by atoms with E-state index in [0.717, 1.165) is 28.6 Å². The molecule has 1 aromatic carbocycles. The van der Waals surface area contributed by atoms with Crippen molar-refractivity contribution in [3.8, 4) is 11.3 Å². The number of halogens is 1. The third-order valence-corrected chi connectivity index (χ3v) is 1.65. The predicted octanol–water partition coefficient (Wildman–Crippen LogP) is 3.24. The maximum absolute atomic E-state index is 4.76. The SMILES string of the molecule is [Cl][Zn+].[c-]1ccccc1-c1ccccn1. The van der Waals surface area contributed by atoms with E-state index in [2.05, 4.69) is 11.1 Å². The van der Waals surface area contributed by atoms with Crippen LogP contribution in [0.4, 0.5) is 0 Å². The first kappa shape index (κ1) is 11.4. The molecule has 0 aliphatic rings. The molecule has 0 bridgehead atoms. The fourth-order valence-corrected chi connectivity index (χ4v) is 1.07. The number of pyridine rings is 1. The predicted molar refractivity (Wildman–Crippen MR) is 54.4 cm³/mol. The standard InChI is InChI=1S/C11H8N.ClH.Zn/c1-2-6-10(7-3-1)11-8-4-5-9-12-11;;/h1-6,8-9H;1H;/q-1;;+2/p-1. The minimum absolute atomic E-state index is 0.847. The summed E-state index contributed by atoms with van der Waals surface area (Å²) in [4.78, 5) is 4.22. The van der Waals surface area contributed by atoms with Gasteiger partial charge in [0.05, 0.1) is 0 Å². The van der Waals surface area contributed by atoms with Gasteiger partial charge in [-0.25, -0.2) is 0 Å². The molecule has 0 spiro atoms. The van der Waals surface area contributed by atoms with Gasteiger partial charge in [0.1, 0.15) is 0 Å². The summed E-state index contributed by atoms with van der Waals surface area (Å²) in [6.45, 7) is 0. The second-order valence-electron chi connectivity index (χ2n) is 2.49. The summed E-state index contributed by atoms with van der Waals surface area (Å²) in [6.07, 6.45) is 1.79. The molecule has 0 atom stereocenters. The van der Waals surface area contributed by atoms with E-state index in [4.69, 9.17) is 9.69 Å². The van der Waals surface area contributed by atoms with Crippen molar-refractivity contribution in [1.29, 1.82) is 0 Å². The van der Waals surface area contributed by atoms with Gasteiger partial charge in [0.2, 0.25) is 0 Å². The van der Waals surface area contributed by atoms with E-state index in [9.17, 15) is 0 Å². The Morgan fingerprint density at radius 3 is 2.43 bits per heavy atom. The molecule has 66 valence electrons. The molecule has 0 aliphatic carbocycles. The fraction of sp³-hybridized carbons (Fsp3) is 0. The van der Waals surface area contributed by atoms with Crippen molar-refractivity contribution in [3.63, 3.8) is 0 Å². The molecule has 1 nitrogen and oxygen atoms in total.